The summed E-state index contributed by atoms with van der Waals surface area (Å²) >= 11 is 6.06. The van der Waals surface area contributed by atoms with Gasteiger partial charge in [0.15, 0.2) is 0 Å². The molecule has 0 radical (unpaired) electrons. The average molecular weight is 411 g/mol. The lowest BCUT2D eigenvalue weighted by Crippen LogP contribution is -2.44. The molecule has 0 unspecified atom stereocenters. The molecule has 2 heterocycles. The summed E-state index contributed by atoms with van der Waals surface area (Å²) in [6.07, 6.45) is 2.37. The first-order valence-electron chi connectivity index (χ1n) is 9.24. The second-order valence-corrected chi connectivity index (χ2v) is 7.31. The number of halogens is 1. The minimum atomic E-state index is -0.929. The number of carbonyl (C=O) groups is 3. The van der Waals surface area contributed by atoms with Crippen molar-refractivity contribution in [2.75, 3.05) is 11.9 Å². The summed E-state index contributed by atoms with van der Waals surface area (Å²) in [5, 5.41) is 9.78. The van der Waals surface area contributed by atoms with Crippen LogP contribution in [-0.4, -0.2) is 35.3 Å². The van der Waals surface area contributed by atoms with E-state index in [0.29, 0.717) is 29.2 Å². The molecule has 3 amide bonds. The fourth-order valence-electron chi connectivity index (χ4n) is 3.41. The predicted molar refractivity (Wildman–Crippen MR) is 111 cm³/mol. The number of carbonyl (C=O) groups excluding carboxylic acids is 3. The van der Waals surface area contributed by atoms with E-state index < -0.39 is 11.9 Å². The molecular weight excluding hydrogens is 392 g/mol. The number of aromatic amines is 1. The molecule has 0 fully saturated rings. The number of rotatable bonds is 5. The van der Waals surface area contributed by atoms with Gasteiger partial charge in [0.2, 0.25) is 11.8 Å². The lowest BCUT2D eigenvalue weighted by atomic mass is 10.1. The summed E-state index contributed by atoms with van der Waals surface area (Å²) in [7, 11) is 0. The summed E-state index contributed by atoms with van der Waals surface area (Å²) in [4.78, 5) is 40.2. The average Bonchev–Trinajstić information content (AvgIpc) is 3.04. The van der Waals surface area contributed by atoms with Crippen LogP contribution in [0.4, 0.5) is 5.69 Å². The number of aromatic nitrogens is 1. The van der Waals surface area contributed by atoms with Gasteiger partial charge in [-0.15, -0.1) is 0 Å². The lowest BCUT2D eigenvalue weighted by Gasteiger charge is -2.14. The number of para-hydroxylation sites is 1. The fraction of sp³-hybridized carbons (Fsp3) is 0.190. The van der Waals surface area contributed by atoms with Crippen LogP contribution < -0.4 is 16.0 Å². The third-order valence-corrected chi connectivity index (χ3v) is 5.12. The zero-order valence-corrected chi connectivity index (χ0v) is 16.2. The number of H-pyrrole nitrogens is 1. The number of anilines is 1. The SMILES string of the molecule is O=C(C[C@@H]1NC(=O)c2ccccc2NC1=O)NCCc1c[nH]c2ccc(Cl)cc12. The van der Waals surface area contributed by atoms with Crippen LogP contribution in [0.25, 0.3) is 10.9 Å². The Hall–Kier alpha value is -3.32. The van der Waals surface area contributed by atoms with E-state index in [0.717, 1.165) is 16.5 Å². The minimum absolute atomic E-state index is 0.134. The van der Waals surface area contributed by atoms with Gasteiger partial charge in [-0.2, -0.15) is 0 Å². The molecule has 2 aromatic carbocycles. The van der Waals surface area contributed by atoms with Gasteiger partial charge in [-0.1, -0.05) is 23.7 Å². The minimum Gasteiger partial charge on any atom is -0.361 e. The Morgan fingerprint density at radius 2 is 1.97 bits per heavy atom. The maximum Gasteiger partial charge on any atom is 0.254 e. The molecule has 1 aromatic heterocycles. The van der Waals surface area contributed by atoms with Gasteiger partial charge in [0, 0.05) is 28.7 Å². The highest BCUT2D eigenvalue weighted by atomic mass is 35.5. The van der Waals surface area contributed by atoms with Crippen molar-refractivity contribution in [3.63, 3.8) is 0 Å². The van der Waals surface area contributed by atoms with Crippen molar-refractivity contribution in [1.82, 2.24) is 15.6 Å². The van der Waals surface area contributed by atoms with E-state index in [9.17, 15) is 14.4 Å². The highest BCUT2D eigenvalue weighted by Crippen LogP contribution is 2.22. The molecule has 1 aliphatic heterocycles. The predicted octanol–water partition coefficient (Wildman–Crippen LogP) is 2.62. The first kappa shape index (κ1) is 19.0. The third kappa shape index (κ3) is 4.09. The van der Waals surface area contributed by atoms with Gasteiger partial charge >= 0.3 is 0 Å². The quantitative estimate of drug-likeness (QED) is 0.519. The number of nitrogens with one attached hydrogen (secondary N) is 4. The van der Waals surface area contributed by atoms with E-state index in [-0.39, 0.29) is 18.2 Å². The highest BCUT2D eigenvalue weighted by molar-refractivity contribution is 6.31. The van der Waals surface area contributed by atoms with E-state index >= 15 is 0 Å². The molecule has 29 heavy (non-hydrogen) atoms. The smallest absolute Gasteiger partial charge is 0.254 e. The van der Waals surface area contributed by atoms with E-state index in [1.165, 1.54) is 0 Å². The maximum absolute atomic E-state index is 12.4. The van der Waals surface area contributed by atoms with Crippen molar-refractivity contribution in [3.8, 4) is 0 Å². The molecule has 1 atom stereocenters. The third-order valence-electron chi connectivity index (χ3n) is 4.89. The number of hydrogen-bond acceptors (Lipinski definition) is 3. The highest BCUT2D eigenvalue weighted by Gasteiger charge is 2.29. The fourth-order valence-corrected chi connectivity index (χ4v) is 3.58. The Labute approximate surface area is 171 Å². The summed E-state index contributed by atoms with van der Waals surface area (Å²) in [6.45, 7) is 0.404. The molecule has 0 spiro atoms. The number of fused-ring (bicyclic) bond motifs is 2. The Balaban J connectivity index is 1.34. The molecule has 0 bridgehead atoms. The van der Waals surface area contributed by atoms with Crippen molar-refractivity contribution in [2.45, 2.75) is 18.9 Å². The van der Waals surface area contributed by atoms with Crippen LogP contribution in [0.2, 0.25) is 5.02 Å². The van der Waals surface area contributed by atoms with Gasteiger partial charge in [-0.05, 0) is 42.3 Å². The number of benzene rings is 2. The topological polar surface area (TPSA) is 103 Å². The maximum atomic E-state index is 12.4. The molecule has 4 rings (SSSR count). The Kier molecular flexibility index (Phi) is 5.22. The molecule has 7 nitrogen and oxygen atoms in total. The van der Waals surface area contributed by atoms with Crippen LogP contribution in [0, 0.1) is 0 Å². The molecule has 4 N–H and O–H groups in total. The Morgan fingerprint density at radius 3 is 2.83 bits per heavy atom. The van der Waals surface area contributed by atoms with Crippen molar-refractivity contribution in [2.24, 2.45) is 0 Å². The van der Waals surface area contributed by atoms with Crippen LogP contribution in [0.5, 0.6) is 0 Å². The zero-order valence-electron chi connectivity index (χ0n) is 15.4. The van der Waals surface area contributed by atoms with Crippen LogP contribution in [0.3, 0.4) is 0 Å². The van der Waals surface area contributed by atoms with E-state index in [1.54, 1.807) is 24.3 Å². The summed E-state index contributed by atoms with van der Waals surface area (Å²) < 4.78 is 0. The molecule has 1 aliphatic rings. The first-order valence-corrected chi connectivity index (χ1v) is 9.62. The molecule has 0 aliphatic carbocycles. The number of hydrogen-bond donors (Lipinski definition) is 4. The van der Waals surface area contributed by atoms with Crippen LogP contribution >= 0.6 is 11.6 Å². The normalized spacial score (nSPS) is 16.0. The van der Waals surface area contributed by atoms with Gasteiger partial charge in [0.25, 0.3) is 5.91 Å². The van der Waals surface area contributed by atoms with Gasteiger partial charge < -0.3 is 20.9 Å². The Bertz CT molecular complexity index is 1110. The molecule has 0 saturated heterocycles. The van der Waals surface area contributed by atoms with E-state index in [2.05, 4.69) is 20.9 Å². The van der Waals surface area contributed by atoms with Gasteiger partial charge in [-0.25, -0.2) is 0 Å². The standard InChI is InChI=1S/C21H19ClN4O3/c22-13-5-6-16-15(9-13)12(11-24-16)7-8-23-19(27)10-18-21(29)25-17-4-2-1-3-14(17)20(28)26-18/h1-6,9,11,18,24H,7-8,10H2,(H,23,27)(H,25,29)(H,26,28)/t18-/m0/s1. The zero-order chi connectivity index (χ0) is 20.4. The van der Waals surface area contributed by atoms with Crippen molar-refractivity contribution < 1.29 is 14.4 Å². The van der Waals surface area contributed by atoms with Crippen molar-refractivity contribution in [1.29, 1.82) is 0 Å². The summed E-state index contributed by atoms with van der Waals surface area (Å²) in [5.74, 6) is -1.11. The first-order chi connectivity index (χ1) is 14.0. The summed E-state index contributed by atoms with van der Waals surface area (Å²) in [6, 6.07) is 11.4. The van der Waals surface area contributed by atoms with Gasteiger partial charge in [-0.3, -0.25) is 14.4 Å². The second-order valence-electron chi connectivity index (χ2n) is 6.87. The van der Waals surface area contributed by atoms with Crippen LogP contribution in [0.1, 0.15) is 22.3 Å². The van der Waals surface area contributed by atoms with Crippen LogP contribution in [-0.2, 0) is 16.0 Å². The van der Waals surface area contributed by atoms with Crippen molar-refractivity contribution in [3.05, 3.63) is 64.8 Å². The van der Waals surface area contributed by atoms with Crippen LogP contribution in [0.15, 0.2) is 48.7 Å². The molecule has 3 aromatic rings. The van der Waals surface area contributed by atoms with Gasteiger partial charge in [0.1, 0.15) is 6.04 Å². The van der Waals surface area contributed by atoms with E-state index in [1.807, 2.05) is 24.4 Å². The number of amides is 3. The van der Waals surface area contributed by atoms with Gasteiger partial charge in [0.05, 0.1) is 17.7 Å². The Morgan fingerprint density at radius 1 is 1.14 bits per heavy atom. The summed E-state index contributed by atoms with van der Waals surface area (Å²) in [5.41, 5.74) is 2.84. The monoisotopic (exact) mass is 410 g/mol. The second kappa shape index (κ2) is 7.97. The molecule has 0 saturated carbocycles. The largest absolute Gasteiger partial charge is 0.361 e. The van der Waals surface area contributed by atoms with E-state index in [4.69, 9.17) is 11.6 Å². The molecule has 8 heteroatoms. The van der Waals surface area contributed by atoms with Crippen molar-refractivity contribution >= 4 is 45.9 Å². The molecular formula is C21H19ClN4O3. The molecule has 148 valence electrons. The lowest BCUT2D eigenvalue weighted by molar-refractivity contribution is -0.125.